The predicted molar refractivity (Wildman–Crippen MR) is 87.3 cm³/mol. The highest BCUT2D eigenvalue weighted by atomic mass is 16.5. The number of anilines is 1. The van der Waals surface area contributed by atoms with E-state index in [0.717, 1.165) is 5.69 Å². The summed E-state index contributed by atoms with van der Waals surface area (Å²) in [4.78, 5) is 11.8. The molecule has 118 valence electrons. The maximum Gasteiger partial charge on any atom is 0.263 e. The van der Waals surface area contributed by atoms with Gasteiger partial charge in [0, 0.05) is 25.5 Å². The largest absolute Gasteiger partial charge is 0.383 e. The van der Waals surface area contributed by atoms with Gasteiger partial charge in [0.1, 0.15) is 11.6 Å². The third-order valence-electron chi connectivity index (χ3n) is 3.09. The Bertz CT molecular complexity index is 563. The van der Waals surface area contributed by atoms with E-state index in [1.807, 2.05) is 30.3 Å². The molecule has 0 bridgehead atoms. The number of ether oxygens (including phenoxy) is 1. The van der Waals surface area contributed by atoms with Gasteiger partial charge in [-0.2, -0.15) is 5.26 Å². The summed E-state index contributed by atoms with van der Waals surface area (Å²) in [5.41, 5.74) is 2.16. The summed E-state index contributed by atoms with van der Waals surface area (Å²) in [6.07, 6.45) is 1.41. The van der Waals surface area contributed by atoms with Gasteiger partial charge in [0.25, 0.3) is 5.91 Å². The molecule has 1 rings (SSSR count). The lowest BCUT2D eigenvalue weighted by Crippen LogP contribution is -2.28. The van der Waals surface area contributed by atoms with Gasteiger partial charge in [-0.15, -0.1) is 0 Å². The number of carbonyl (C=O) groups excluding carboxylic acids is 1. The molecule has 1 aromatic rings. The molecule has 5 nitrogen and oxygen atoms in total. The monoisotopic (exact) mass is 301 g/mol. The van der Waals surface area contributed by atoms with Crippen molar-refractivity contribution in [2.24, 2.45) is 0 Å². The Balaban J connectivity index is 2.68. The van der Waals surface area contributed by atoms with Crippen molar-refractivity contribution in [3.63, 3.8) is 0 Å². The van der Waals surface area contributed by atoms with Crippen LogP contribution in [0.4, 0.5) is 5.69 Å². The summed E-state index contributed by atoms with van der Waals surface area (Å²) < 4.78 is 4.84. The van der Waals surface area contributed by atoms with E-state index in [-0.39, 0.29) is 11.0 Å². The molecular formula is C17H23N3O2. The quantitative estimate of drug-likeness (QED) is 0.481. The molecular weight excluding hydrogens is 278 g/mol. The molecule has 0 aliphatic heterocycles. The predicted octanol–water partition coefficient (Wildman–Crippen LogP) is 2.57. The minimum atomic E-state index is -0.418. The van der Waals surface area contributed by atoms with Crippen molar-refractivity contribution >= 4 is 11.6 Å². The van der Waals surface area contributed by atoms with Gasteiger partial charge < -0.3 is 15.4 Å². The summed E-state index contributed by atoms with van der Waals surface area (Å²) >= 11 is 0. The van der Waals surface area contributed by atoms with E-state index in [4.69, 9.17) is 10.00 Å². The smallest absolute Gasteiger partial charge is 0.263 e. The van der Waals surface area contributed by atoms with Gasteiger partial charge in [0.15, 0.2) is 0 Å². The van der Waals surface area contributed by atoms with Crippen molar-refractivity contribution in [2.45, 2.75) is 26.2 Å². The molecule has 2 N–H and O–H groups in total. The number of nitrogens with one attached hydrogen (secondary N) is 2. The first kappa shape index (κ1) is 17.7. The third-order valence-corrected chi connectivity index (χ3v) is 3.09. The Labute approximate surface area is 132 Å². The molecule has 1 amide bonds. The minimum Gasteiger partial charge on any atom is -0.383 e. The van der Waals surface area contributed by atoms with Crippen molar-refractivity contribution in [1.29, 1.82) is 5.26 Å². The second kappa shape index (κ2) is 8.20. The number of benzene rings is 1. The average molecular weight is 301 g/mol. The van der Waals surface area contributed by atoms with Crippen LogP contribution in [0.25, 0.3) is 0 Å². The Morgan fingerprint density at radius 2 is 1.95 bits per heavy atom. The molecule has 0 heterocycles. The second-order valence-corrected chi connectivity index (χ2v) is 5.89. The van der Waals surface area contributed by atoms with E-state index in [2.05, 4.69) is 31.4 Å². The molecule has 0 saturated carbocycles. The van der Waals surface area contributed by atoms with Crippen LogP contribution in [0.1, 0.15) is 26.3 Å². The van der Waals surface area contributed by atoms with Crippen LogP contribution in [0.5, 0.6) is 0 Å². The Morgan fingerprint density at radius 1 is 1.32 bits per heavy atom. The fourth-order valence-electron chi connectivity index (χ4n) is 1.73. The van der Waals surface area contributed by atoms with E-state index in [1.165, 1.54) is 11.8 Å². The Kier molecular flexibility index (Phi) is 6.61. The number of nitriles is 1. The van der Waals surface area contributed by atoms with E-state index in [9.17, 15) is 4.79 Å². The lowest BCUT2D eigenvalue weighted by Gasteiger charge is -2.19. The summed E-state index contributed by atoms with van der Waals surface area (Å²) in [6.45, 7) is 7.22. The Morgan fingerprint density at radius 3 is 2.45 bits per heavy atom. The minimum absolute atomic E-state index is 0.0241. The number of carbonyl (C=O) groups is 1. The van der Waals surface area contributed by atoms with Crippen LogP contribution in [0, 0.1) is 11.3 Å². The van der Waals surface area contributed by atoms with Crippen LogP contribution in [-0.2, 0) is 14.9 Å². The standard InChI is InChI=1S/C17H23N3O2/c1-17(2,3)14-5-7-15(8-6-14)20-12-13(11-18)16(21)19-9-10-22-4/h5-8,12,20H,9-10H2,1-4H3,(H,19,21)/b13-12-. The molecule has 0 radical (unpaired) electrons. The van der Waals surface area contributed by atoms with E-state index in [0.29, 0.717) is 13.2 Å². The van der Waals surface area contributed by atoms with Crippen molar-refractivity contribution < 1.29 is 9.53 Å². The van der Waals surface area contributed by atoms with Gasteiger partial charge in [-0.05, 0) is 23.1 Å². The fourth-order valence-corrected chi connectivity index (χ4v) is 1.73. The molecule has 0 saturated heterocycles. The van der Waals surface area contributed by atoms with Gasteiger partial charge in [-0.3, -0.25) is 4.79 Å². The maximum atomic E-state index is 11.8. The molecule has 0 aliphatic rings. The number of methoxy groups -OCH3 is 1. The summed E-state index contributed by atoms with van der Waals surface area (Å²) in [5, 5.41) is 14.6. The number of amides is 1. The third kappa shape index (κ3) is 5.58. The lowest BCUT2D eigenvalue weighted by molar-refractivity contribution is -0.117. The molecule has 0 aliphatic carbocycles. The van der Waals surface area contributed by atoms with Crippen LogP contribution in [0.3, 0.4) is 0 Å². The number of rotatable bonds is 6. The summed E-state index contributed by atoms with van der Waals surface area (Å²) in [6, 6.07) is 9.79. The average Bonchev–Trinajstić information content (AvgIpc) is 2.47. The van der Waals surface area contributed by atoms with Crippen molar-refractivity contribution in [1.82, 2.24) is 5.32 Å². The molecule has 5 heteroatoms. The first-order valence-corrected chi connectivity index (χ1v) is 7.13. The van der Waals surface area contributed by atoms with Crippen LogP contribution < -0.4 is 10.6 Å². The zero-order valence-corrected chi connectivity index (χ0v) is 13.6. The highest BCUT2D eigenvalue weighted by molar-refractivity contribution is 5.97. The van der Waals surface area contributed by atoms with Crippen LogP contribution >= 0.6 is 0 Å². The molecule has 0 fully saturated rings. The molecule has 1 aromatic carbocycles. The lowest BCUT2D eigenvalue weighted by atomic mass is 9.87. The van der Waals surface area contributed by atoms with Crippen LogP contribution in [0.15, 0.2) is 36.0 Å². The second-order valence-electron chi connectivity index (χ2n) is 5.89. The fraction of sp³-hybridized carbons (Fsp3) is 0.412. The molecule has 0 unspecified atom stereocenters. The topological polar surface area (TPSA) is 74.1 Å². The van der Waals surface area contributed by atoms with E-state index >= 15 is 0 Å². The summed E-state index contributed by atoms with van der Waals surface area (Å²) in [7, 11) is 1.55. The van der Waals surface area contributed by atoms with Gasteiger partial charge in [0.2, 0.25) is 0 Å². The van der Waals surface area contributed by atoms with Crippen molar-refractivity contribution in [2.75, 3.05) is 25.6 Å². The van der Waals surface area contributed by atoms with E-state index < -0.39 is 5.91 Å². The first-order valence-electron chi connectivity index (χ1n) is 7.13. The zero-order valence-electron chi connectivity index (χ0n) is 13.6. The van der Waals surface area contributed by atoms with Crippen molar-refractivity contribution in [3.05, 3.63) is 41.6 Å². The normalized spacial score (nSPS) is 11.7. The highest BCUT2D eigenvalue weighted by Gasteiger charge is 2.12. The highest BCUT2D eigenvalue weighted by Crippen LogP contribution is 2.23. The van der Waals surface area contributed by atoms with Gasteiger partial charge in [-0.1, -0.05) is 32.9 Å². The number of hydrogen-bond donors (Lipinski definition) is 2. The summed E-state index contributed by atoms with van der Waals surface area (Å²) in [5.74, 6) is -0.418. The molecule has 0 spiro atoms. The SMILES string of the molecule is COCCNC(=O)/C(C#N)=C\Nc1ccc(C(C)(C)C)cc1. The number of nitrogens with zero attached hydrogens (tertiary/aromatic N) is 1. The zero-order chi connectivity index (χ0) is 16.6. The van der Waals surface area contributed by atoms with Crippen molar-refractivity contribution in [3.8, 4) is 6.07 Å². The van der Waals surface area contributed by atoms with Crippen LogP contribution in [0.2, 0.25) is 0 Å². The van der Waals surface area contributed by atoms with Gasteiger partial charge in [-0.25, -0.2) is 0 Å². The van der Waals surface area contributed by atoms with Gasteiger partial charge >= 0.3 is 0 Å². The molecule has 0 atom stereocenters. The van der Waals surface area contributed by atoms with Gasteiger partial charge in [0.05, 0.1) is 6.61 Å². The number of hydrogen-bond acceptors (Lipinski definition) is 4. The van der Waals surface area contributed by atoms with E-state index in [1.54, 1.807) is 7.11 Å². The first-order chi connectivity index (χ1) is 10.4. The van der Waals surface area contributed by atoms with Crippen LogP contribution in [-0.4, -0.2) is 26.2 Å². The Hall–Kier alpha value is -2.32. The molecule has 0 aromatic heterocycles. The maximum absolute atomic E-state index is 11.8. The molecule has 22 heavy (non-hydrogen) atoms.